The monoisotopic (exact) mass is 758 g/mol. The fraction of sp³-hybridized carbons (Fsp3) is 0.743. The molecule has 12 nitrogen and oxygen atoms in total. The first-order chi connectivity index (χ1) is 23.5. The van der Waals surface area contributed by atoms with E-state index in [1.807, 2.05) is 32.2 Å². The van der Waals surface area contributed by atoms with Crippen molar-refractivity contribution in [2.75, 3.05) is 31.3 Å². The van der Waals surface area contributed by atoms with Gasteiger partial charge in [-0.3, -0.25) is 19.3 Å². The molecule has 3 N–H and O–H groups in total. The van der Waals surface area contributed by atoms with E-state index in [4.69, 9.17) is 19.3 Å². The Morgan fingerprint density at radius 1 is 1.16 bits per heavy atom. The summed E-state index contributed by atoms with van der Waals surface area (Å²) in [7, 11) is 2.85. The van der Waals surface area contributed by atoms with Crippen molar-refractivity contribution in [3.05, 3.63) is 21.7 Å². The lowest BCUT2D eigenvalue weighted by Crippen LogP contribution is -2.45. The summed E-state index contributed by atoms with van der Waals surface area (Å²) in [6, 6.07) is 0.164. The number of esters is 1. The van der Waals surface area contributed by atoms with Crippen molar-refractivity contribution in [2.45, 2.75) is 111 Å². The molecule has 0 saturated carbocycles. The SMILES string of the molecule is C/C(=C\c1csc(C)n1)[C@@H]1C[C@H]2[C@@H](CCC[C@H](C)[C@H](O)[C@@H](C)C(=O)C(C)(C)[C@@H](O)CC(=O)O1)N2CCOC(=O)OCCSSCC(C)C(=O)O. The van der Waals surface area contributed by atoms with Gasteiger partial charge in [-0.05, 0) is 44.3 Å². The highest BCUT2D eigenvalue weighted by Gasteiger charge is 2.49. The van der Waals surface area contributed by atoms with Gasteiger partial charge >= 0.3 is 18.1 Å². The van der Waals surface area contributed by atoms with Gasteiger partial charge < -0.3 is 29.5 Å². The summed E-state index contributed by atoms with van der Waals surface area (Å²) in [6.45, 7) is 13.0. The Kier molecular flexibility index (Phi) is 16.6. The quantitative estimate of drug-likeness (QED) is 0.104. The molecule has 2 unspecified atom stereocenters. The number of carbonyl (C=O) groups is 4. The number of aryl methyl sites for hydroxylation is 1. The van der Waals surface area contributed by atoms with Crippen molar-refractivity contribution < 1.29 is 48.7 Å². The minimum Gasteiger partial charge on any atom is -0.481 e. The number of ether oxygens (including phenoxy) is 3. The Hall–Kier alpha value is -2.17. The second-order valence-corrected chi connectivity index (χ2v) is 17.7. The molecule has 0 aliphatic carbocycles. The van der Waals surface area contributed by atoms with Gasteiger partial charge in [-0.15, -0.1) is 11.3 Å². The van der Waals surface area contributed by atoms with Crippen LogP contribution in [0.15, 0.2) is 11.0 Å². The van der Waals surface area contributed by atoms with Crippen molar-refractivity contribution in [1.82, 2.24) is 9.88 Å². The molecule has 2 aliphatic rings. The molecule has 0 bridgehead atoms. The van der Waals surface area contributed by atoms with E-state index < -0.39 is 53.7 Å². The summed E-state index contributed by atoms with van der Waals surface area (Å²) in [5, 5.41) is 34.0. The Labute approximate surface area is 307 Å². The number of rotatable bonds is 12. The molecule has 0 spiro atoms. The molecule has 0 amide bonds. The highest BCUT2D eigenvalue weighted by molar-refractivity contribution is 8.76. The lowest BCUT2D eigenvalue weighted by atomic mass is 9.73. The number of carbonyl (C=O) groups excluding carboxylic acids is 3. The van der Waals surface area contributed by atoms with Crippen LogP contribution in [0.4, 0.5) is 4.79 Å². The first-order valence-corrected chi connectivity index (χ1v) is 20.6. The van der Waals surface area contributed by atoms with Gasteiger partial charge in [-0.2, -0.15) is 0 Å². The van der Waals surface area contributed by atoms with E-state index in [1.165, 1.54) is 32.9 Å². The van der Waals surface area contributed by atoms with Crippen molar-refractivity contribution >= 4 is 62.9 Å². The van der Waals surface area contributed by atoms with E-state index in [0.29, 0.717) is 30.9 Å². The summed E-state index contributed by atoms with van der Waals surface area (Å²) >= 11 is 1.52. The van der Waals surface area contributed by atoms with E-state index in [-0.39, 0.29) is 43.4 Å². The maximum atomic E-state index is 13.4. The molecule has 50 heavy (non-hydrogen) atoms. The molecule has 0 aromatic carbocycles. The topological polar surface area (TPSA) is 173 Å². The number of aliphatic carboxylic acids is 1. The van der Waals surface area contributed by atoms with Gasteiger partial charge in [0.2, 0.25) is 0 Å². The number of thiazole rings is 1. The third kappa shape index (κ3) is 12.5. The van der Waals surface area contributed by atoms with Crippen LogP contribution < -0.4 is 0 Å². The molecule has 3 heterocycles. The van der Waals surface area contributed by atoms with E-state index in [0.717, 1.165) is 29.1 Å². The van der Waals surface area contributed by atoms with Gasteiger partial charge in [0.1, 0.15) is 25.1 Å². The molecule has 9 atom stereocenters. The molecule has 1 aromatic heterocycles. The Bertz CT molecular complexity index is 1340. The molecule has 3 rings (SSSR count). The van der Waals surface area contributed by atoms with Gasteiger partial charge in [0.15, 0.2) is 0 Å². The number of carboxylic acid groups (broad SMARTS) is 1. The molecule has 1 aromatic rings. The lowest BCUT2D eigenvalue weighted by Gasteiger charge is -2.34. The molecule has 2 aliphatic heterocycles. The molecular formula is C35H54N2O10S3. The number of ketones is 1. The smallest absolute Gasteiger partial charge is 0.481 e. The van der Waals surface area contributed by atoms with Crippen molar-refractivity contribution in [2.24, 2.45) is 23.2 Å². The van der Waals surface area contributed by atoms with Crippen LogP contribution >= 0.6 is 32.9 Å². The third-order valence-electron chi connectivity index (χ3n) is 9.73. The van der Waals surface area contributed by atoms with Gasteiger partial charge in [0.25, 0.3) is 0 Å². The number of Topliss-reactive ketones (excluding diaryl/α,β-unsaturated/α-hetero) is 1. The van der Waals surface area contributed by atoms with Crippen LogP contribution in [0.25, 0.3) is 6.08 Å². The van der Waals surface area contributed by atoms with E-state index in [2.05, 4.69) is 9.88 Å². The highest BCUT2D eigenvalue weighted by atomic mass is 33.1. The Morgan fingerprint density at radius 3 is 2.52 bits per heavy atom. The second-order valence-electron chi connectivity index (χ2n) is 14.1. The number of aliphatic hydroxyl groups is 2. The van der Waals surface area contributed by atoms with Crippen LogP contribution in [-0.4, -0.2) is 111 Å². The van der Waals surface area contributed by atoms with Gasteiger partial charge in [0, 0.05) is 47.9 Å². The lowest BCUT2D eigenvalue weighted by molar-refractivity contribution is -0.154. The zero-order valence-corrected chi connectivity index (χ0v) is 32.6. The van der Waals surface area contributed by atoms with Crippen LogP contribution in [0.2, 0.25) is 0 Å². The summed E-state index contributed by atoms with van der Waals surface area (Å²) in [4.78, 5) is 56.7. The van der Waals surface area contributed by atoms with Crippen LogP contribution in [0, 0.1) is 30.1 Å². The molecular weight excluding hydrogens is 705 g/mol. The number of hydrogen-bond acceptors (Lipinski definition) is 14. The third-order valence-corrected chi connectivity index (χ3v) is 13.1. The fourth-order valence-electron chi connectivity index (χ4n) is 6.25. The Balaban J connectivity index is 1.69. The first-order valence-electron chi connectivity index (χ1n) is 17.3. The van der Waals surface area contributed by atoms with Crippen molar-refractivity contribution in [3.63, 3.8) is 0 Å². The average molecular weight is 759 g/mol. The van der Waals surface area contributed by atoms with Crippen molar-refractivity contribution in [3.8, 4) is 0 Å². The molecule has 2 saturated heterocycles. The molecule has 0 radical (unpaired) electrons. The summed E-state index contributed by atoms with van der Waals surface area (Å²) in [6.07, 6.45) is 0.743. The van der Waals surface area contributed by atoms with Gasteiger partial charge in [-0.1, -0.05) is 62.6 Å². The zero-order valence-electron chi connectivity index (χ0n) is 30.2. The number of hydrogen-bond donors (Lipinski definition) is 3. The number of cyclic esters (lactones) is 1. The normalized spacial score (nSPS) is 30.1. The minimum absolute atomic E-state index is 0.0320. The van der Waals surface area contributed by atoms with Crippen LogP contribution in [0.1, 0.15) is 84.3 Å². The largest absolute Gasteiger partial charge is 0.508 e. The van der Waals surface area contributed by atoms with Crippen molar-refractivity contribution in [1.29, 1.82) is 0 Å². The van der Waals surface area contributed by atoms with Crippen LogP contribution in [-0.2, 0) is 28.6 Å². The minimum atomic E-state index is -1.30. The zero-order chi connectivity index (χ0) is 37.2. The van der Waals surface area contributed by atoms with Crippen LogP contribution in [0.3, 0.4) is 0 Å². The first kappa shape index (κ1) is 42.2. The summed E-state index contributed by atoms with van der Waals surface area (Å²) in [5.74, 6) is -2.13. The maximum absolute atomic E-state index is 13.4. The fourth-order valence-corrected chi connectivity index (χ4v) is 8.99. The highest BCUT2D eigenvalue weighted by Crippen LogP contribution is 2.39. The Morgan fingerprint density at radius 2 is 1.86 bits per heavy atom. The van der Waals surface area contributed by atoms with E-state index in [1.54, 1.807) is 27.7 Å². The standard InChI is InChI=1S/C35H54N2O10S3/c1-20-9-8-10-26-27(37(26)11-12-45-34(44)46-13-14-49-50-18-22(3)33(42)43)16-28(21(2)15-25-19-48-24(5)36-25)47-30(39)17-29(38)35(6,7)32(41)23(4)31(20)40/h15,19-20,22-23,26-29,31,38,40H,8-14,16-18H2,1-7H3,(H,42,43)/b21-15+/t20-,22?,23+,26+,27-,28-,29-,31-,37?/m0/s1. The number of fused-ring (bicyclic) bond motifs is 1. The molecule has 2 fully saturated rings. The molecule has 282 valence electrons. The number of aromatic nitrogens is 1. The van der Waals surface area contributed by atoms with Gasteiger partial charge in [-0.25, -0.2) is 9.78 Å². The predicted molar refractivity (Wildman–Crippen MR) is 196 cm³/mol. The van der Waals surface area contributed by atoms with E-state index >= 15 is 0 Å². The van der Waals surface area contributed by atoms with E-state index in [9.17, 15) is 29.4 Å². The predicted octanol–water partition coefficient (Wildman–Crippen LogP) is 5.63. The van der Waals surface area contributed by atoms with Crippen LogP contribution in [0.5, 0.6) is 0 Å². The maximum Gasteiger partial charge on any atom is 0.508 e. The average Bonchev–Trinajstić information content (AvgIpc) is 3.52. The molecule has 15 heteroatoms. The van der Waals surface area contributed by atoms with Gasteiger partial charge in [0.05, 0.1) is 40.7 Å². The summed E-state index contributed by atoms with van der Waals surface area (Å²) < 4.78 is 16.5. The number of nitrogens with zero attached hydrogens (tertiary/aromatic N) is 2. The number of carboxylic acids is 1. The second kappa shape index (κ2) is 19.6. The summed E-state index contributed by atoms with van der Waals surface area (Å²) in [5.41, 5.74) is 0.301. The number of aliphatic hydroxyl groups excluding tert-OH is 2.